The first-order valence-corrected chi connectivity index (χ1v) is 20.0. The van der Waals surface area contributed by atoms with Gasteiger partial charge in [-0.15, -0.1) is 11.3 Å². The third kappa shape index (κ3) is 6.04. The molecule has 8 aromatic carbocycles. The van der Waals surface area contributed by atoms with Crippen LogP contribution in [0.25, 0.3) is 109 Å². The molecule has 0 bridgehead atoms. The van der Waals surface area contributed by atoms with E-state index in [-0.39, 0.29) is 0 Å². The van der Waals surface area contributed by atoms with Crippen molar-refractivity contribution < 1.29 is 0 Å². The molecule has 266 valence electrons. The maximum Gasteiger partial charge on any atom is 0.160 e. The van der Waals surface area contributed by atoms with Crippen LogP contribution in [-0.4, -0.2) is 15.0 Å². The van der Waals surface area contributed by atoms with E-state index in [0.29, 0.717) is 5.82 Å². The molecule has 0 saturated heterocycles. The zero-order valence-electron chi connectivity index (χ0n) is 30.8. The number of hydrogen-bond donors (Lipinski definition) is 0. The molecule has 0 spiro atoms. The summed E-state index contributed by atoms with van der Waals surface area (Å²) in [6.07, 6.45) is 0. The van der Waals surface area contributed by atoms with Gasteiger partial charge in [0, 0.05) is 43.1 Å². The van der Waals surface area contributed by atoms with Gasteiger partial charge in [0.2, 0.25) is 0 Å². The smallest absolute Gasteiger partial charge is 0.160 e. The Morgan fingerprint density at radius 1 is 0.333 bits per heavy atom. The van der Waals surface area contributed by atoms with Crippen LogP contribution in [-0.2, 0) is 0 Å². The number of nitrogens with zero attached hydrogens (tertiary/aromatic N) is 3. The predicted molar refractivity (Wildman–Crippen MR) is 240 cm³/mol. The molecular weight excluding hydrogens is 711 g/mol. The number of thiophene rings is 1. The Morgan fingerprint density at radius 3 is 1.42 bits per heavy atom. The van der Waals surface area contributed by atoms with E-state index >= 15 is 0 Å². The Labute approximate surface area is 334 Å². The van der Waals surface area contributed by atoms with E-state index in [2.05, 4.69) is 188 Å². The molecule has 0 N–H and O–H groups in total. The molecule has 0 amide bonds. The van der Waals surface area contributed by atoms with Crippen molar-refractivity contribution in [1.82, 2.24) is 15.0 Å². The van der Waals surface area contributed by atoms with Gasteiger partial charge in [-0.05, 0) is 57.3 Å². The topological polar surface area (TPSA) is 38.7 Å². The first-order chi connectivity index (χ1) is 28.2. The van der Waals surface area contributed by atoms with Crippen LogP contribution in [0.3, 0.4) is 0 Å². The van der Waals surface area contributed by atoms with Gasteiger partial charge < -0.3 is 0 Å². The van der Waals surface area contributed by atoms with Crippen LogP contribution in [0.15, 0.2) is 200 Å². The van der Waals surface area contributed by atoms with E-state index in [1.807, 2.05) is 23.5 Å². The monoisotopic (exact) mass is 743 g/mol. The van der Waals surface area contributed by atoms with Crippen molar-refractivity contribution in [2.75, 3.05) is 0 Å². The molecule has 0 saturated carbocycles. The largest absolute Gasteiger partial charge is 0.246 e. The number of hydrogen-bond acceptors (Lipinski definition) is 4. The van der Waals surface area contributed by atoms with Gasteiger partial charge in [0.15, 0.2) is 5.82 Å². The highest BCUT2D eigenvalue weighted by atomic mass is 32.1. The fourth-order valence-electron chi connectivity index (χ4n) is 7.94. The third-order valence-corrected chi connectivity index (χ3v) is 12.1. The van der Waals surface area contributed by atoms with Crippen LogP contribution in [0.5, 0.6) is 0 Å². The highest BCUT2D eigenvalue weighted by Gasteiger charge is 2.18. The number of aromatic nitrogens is 3. The van der Waals surface area contributed by atoms with Crippen LogP contribution in [0, 0.1) is 0 Å². The molecule has 0 fully saturated rings. The summed E-state index contributed by atoms with van der Waals surface area (Å²) >= 11 is 1.81. The summed E-state index contributed by atoms with van der Waals surface area (Å²) in [4.78, 5) is 15.8. The standard InChI is InChI=1S/C53H33N3S/c1-3-11-34(12-4-1)36-19-23-38(24-20-36)46-33-47(39-25-21-37(22-26-39)35-13-5-2-6-14-35)56-53(55-46)41-29-27-40(28-30-41)51-52-50(44-17-9-10-18-49(44)57-52)45-31-42-15-7-8-16-43(42)32-48(45)54-51/h1-33H. The molecule has 3 nitrogen and oxygen atoms in total. The molecule has 0 aliphatic carbocycles. The Balaban J connectivity index is 1.03. The summed E-state index contributed by atoms with van der Waals surface area (Å²) in [5.41, 5.74) is 12.6. The van der Waals surface area contributed by atoms with Gasteiger partial charge in [-0.25, -0.2) is 15.0 Å². The van der Waals surface area contributed by atoms with Gasteiger partial charge in [0.25, 0.3) is 0 Å². The number of pyridine rings is 1. The van der Waals surface area contributed by atoms with Crippen LogP contribution >= 0.6 is 11.3 Å². The zero-order chi connectivity index (χ0) is 37.7. The quantitative estimate of drug-likeness (QED) is 0.159. The molecule has 0 unspecified atom stereocenters. The fraction of sp³-hybridized carbons (Fsp3) is 0. The Morgan fingerprint density at radius 2 is 0.807 bits per heavy atom. The number of fused-ring (bicyclic) bond motifs is 6. The normalized spacial score (nSPS) is 11.5. The van der Waals surface area contributed by atoms with E-state index in [9.17, 15) is 0 Å². The van der Waals surface area contributed by atoms with Crippen molar-refractivity contribution in [3.8, 4) is 67.4 Å². The third-order valence-electron chi connectivity index (χ3n) is 10.9. The summed E-state index contributed by atoms with van der Waals surface area (Å²) in [5.74, 6) is 0.679. The van der Waals surface area contributed by atoms with Gasteiger partial charge in [0.1, 0.15) is 0 Å². The van der Waals surface area contributed by atoms with Gasteiger partial charge in [-0.1, -0.05) is 176 Å². The summed E-state index contributed by atoms with van der Waals surface area (Å²) in [6, 6.07) is 70.8. The van der Waals surface area contributed by atoms with Crippen molar-refractivity contribution in [1.29, 1.82) is 0 Å². The highest BCUT2D eigenvalue weighted by Crippen LogP contribution is 2.44. The molecule has 0 atom stereocenters. The van der Waals surface area contributed by atoms with Crippen LogP contribution in [0.4, 0.5) is 0 Å². The van der Waals surface area contributed by atoms with Crippen molar-refractivity contribution in [3.63, 3.8) is 0 Å². The minimum absolute atomic E-state index is 0.679. The molecule has 11 rings (SSSR count). The maximum atomic E-state index is 5.37. The summed E-state index contributed by atoms with van der Waals surface area (Å²) < 4.78 is 2.46. The molecular formula is C53H33N3S. The van der Waals surface area contributed by atoms with Crippen LogP contribution in [0.2, 0.25) is 0 Å². The summed E-state index contributed by atoms with van der Waals surface area (Å²) in [7, 11) is 0. The maximum absolute atomic E-state index is 5.37. The second-order valence-electron chi connectivity index (χ2n) is 14.4. The molecule has 4 heteroatoms. The van der Waals surface area contributed by atoms with E-state index in [1.165, 1.54) is 58.6 Å². The highest BCUT2D eigenvalue weighted by molar-refractivity contribution is 7.26. The second kappa shape index (κ2) is 13.8. The lowest BCUT2D eigenvalue weighted by Crippen LogP contribution is -1.96. The van der Waals surface area contributed by atoms with Gasteiger partial charge >= 0.3 is 0 Å². The molecule has 57 heavy (non-hydrogen) atoms. The van der Waals surface area contributed by atoms with Crippen molar-refractivity contribution >= 4 is 53.2 Å². The molecule has 0 radical (unpaired) electrons. The second-order valence-corrected chi connectivity index (χ2v) is 15.5. The number of rotatable bonds is 6. The van der Waals surface area contributed by atoms with Crippen molar-refractivity contribution in [2.24, 2.45) is 0 Å². The molecule has 0 aliphatic heterocycles. The predicted octanol–water partition coefficient (Wildman–Crippen LogP) is 14.5. The minimum Gasteiger partial charge on any atom is -0.246 e. The van der Waals surface area contributed by atoms with Crippen molar-refractivity contribution in [2.45, 2.75) is 0 Å². The lowest BCUT2D eigenvalue weighted by Gasteiger charge is -2.12. The Hall–Kier alpha value is -7.27. The summed E-state index contributed by atoms with van der Waals surface area (Å²) in [6.45, 7) is 0. The van der Waals surface area contributed by atoms with Crippen LogP contribution < -0.4 is 0 Å². The lowest BCUT2D eigenvalue weighted by atomic mass is 9.99. The lowest BCUT2D eigenvalue weighted by molar-refractivity contribution is 1.18. The first kappa shape index (κ1) is 33.1. The average molecular weight is 744 g/mol. The number of benzene rings is 8. The Kier molecular flexibility index (Phi) is 8.01. The SMILES string of the molecule is c1ccc(-c2ccc(-c3cc(-c4ccc(-c5ccccc5)cc4)nc(-c4ccc(-c5nc6cc7ccccc7cc6c6c5sc5ccccc56)cc4)n3)cc2)cc1. The molecule has 11 aromatic rings. The fourth-order valence-corrected chi connectivity index (χ4v) is 9.17. The van der Waals surface area contributed by atoms with Gasteiger partial charge in [-0.2, -0.15) is 0 Å². The van der Waals surface area contributed by atoms with Crippen LogP contribution in [0.1, 0.15) is 0 Å². The van der Waals surface area contributed by atoms with E-state index in [0.717, 1.165) is 44.9 Å². The zero-order valence-corrected chi connectivity index (χ0v) is 31.6. The average Bonchev–Trinajstić information content (AvgIpc) is 3.69. The first-order valence-electron chi connectivity index (χ1n) is 19.2. The van der Waals surface area contributed by atoms with E-state index < -0.39 is 0 Å². The minimum atomic E-state index is 0.679. The molecule has 3 aromatic heterocycles. The van der Waals surface area contributed by atoms with E-state index in [1.54, 1.807) is 0 Å². The molecule has 0 aliphatic rings. The van der Waals surface area contributed by atoms with Gasteiger partial charge in [0.05, 0.1) is 27.3 Å². The van der Waals surface area contributed by atoms with E-state index in [4.69, 9.17) is 15.0 Å². The van der Waals surface area contributed by atoms with Gasteiger partial charge in [-0.3, -0.25) is 0 Å². The van der Waals surface area contributed by atoms with Crippen molar-refractivity contribution in [3.05, 3.63) is 200 Å². The molecule has 3 heterocycles. The Bertz CT molecular complexity index is 3140. The summed E-state index contributed by atoms with van der Waals surface area (Å²) in [5, 5.41) is 6.14.